The maximum Gasteiger partial charge on any atom is 0.256 e. The van der Waals surface area contributed by atoms with Gasteiger partial charge in [0.25, 0.3) is 5.91 Å². The summed E-state index contributed by atoms with van der Waals surface area (Å²) < 4.78 is 2.07. The van der Waals surface area contributed by atoms with Crippen LogP contribution in [0.1, 0.15) is 29.8 Å². The van der Waals surface area contributed by atoms with Gasteiger partial charge in [-0.05, 0) is 25.5 Å². The van der Waals surface area contributed by atoms with Crippen molar-refractivity contribution in [1.29, 1.82) is 5.26 Å². The van der Waals surface area contributed by atoms with Crippen LogP contribution in [-0.2, 0) is 13.5 Å². The van der Waals surface area contributed by atoms with Crippen LogP contribution in [0.25, 0.3) is 22.2 Å². The molecule has 0 atom stereocenters. The summed E-state index contributed by atoms with van der Waals surface area (Å²) in [5.74, 6) is 0.0357. The number of para-hydroxylation sites is 1. The standard InChI is InChI=1S/C22H23N3O/c1-4-25(5-2)22(26)20-18-12-8-9-13-19(18)24(3)21(20)17-11-7-6-10-16(17)14-15-23/h6-13H,4-5,14H2,1-3H3. The van der Waals surface area contributed by atoms with Crippen LogP contribution < -0.4 is 0 Å². The lowest BCUT2D eigenvalue weighted by atomic mass is 9.98. The monoisotopic (exact) mass is 345 g/mol. The molecule has 0 N–H and O–H groups in total. The third kappa shape index (κ3) is 2.86. The highest BCUT2D eigenvalue weighted by Gasteiger charge is 2.25. The summed E-state index contributed by atoms with van der Waals surface area (Å²) >= 11 is 0. The second-order valence-corrected chi connectivity index (χ2v) is 6.27. The predicted molar refractivity (Wildman–Crippen MR) is 105 cm³/mol. The van der Waals surface area contributed by atoms with Crippen molar-refractivity contribution >= 4 is 16.8 Å². The number of benzene rings is 2. The largest absolute Gasteiger partial charge is 0.343 e. The summed E-state index contributed by atoms with van der Waals surface area (Å²) in [5, 5.41) is 10.2. The zero-order valence-electron chi connectivity index (χ0n) is 15.5. The number of carbonyl (C=O) groups is 1. The topological polar surface area (TPSA) is 49.0 Å². The molecule has 132 valence electrons. The van der Waals surface area contributed by atoms with Gasteiger partial charge in [-0.15, -0.1) is 0 Å². The van der Waals surface area contributed by atoms with Crippen LogP contribution in [0.4, 0.5) is 0 Å². The summed E-state index contributed by atoms with van der Waals surface area (Å²) in [6.45, 7) is 5.32. The van der Waals surface area contributed by atoms with E-state index in [2.05, 4.69) is 10.6 Å². The number of aromatic nitrogens is 1. The number of hydrogen-bond acceptors (Lipinski definition) is 2. The van der Waals surface area contributed by atoms with Crippen molar-refractivity contribution < 1.29 is 4.79 Å². The van der Waals surface area contributed by atoms with Gasteiger partial charge in [0, 0.05) is 36.6 Å². The molecule has 0 bridgehead atoms. The first-order valence-electron chi connectivity index (χ1n) is 8.95. The van der Waals surface area contributed by atoms with Crippen LogP contribution in [0.2, 0.25) is 0 Å². The van der Waals surface area contributed by atoms with Crippen molar-refractivity contribution in [1.82, 2.24) is 9.47 Å². The summed E-state index contributed by atoms with van der Waals surface area (Å²) in [6.07, 6.45) is 0.316. The van der Waals surface area contributed by atoms with Crippen molar-refractivity contribution in [3.05, 3.63) is 59.7 Å². The SMILES string of the molecule is CCN(CC)C(=O)c1c(-c2ccccc2CC#N)n(C)c2ccccc12. The summed E-state index contributed by atoms with van der Waals surface area (Å²) in [6, 6.07) is 18.1. The third-order valence-electron chi connectivity index (χ3n) is 4.91. The lowest BCUT2D eigenvalue weighted by Crippen LogP contribution is -2.30. The van der Waals surface area contributed by atoms with Crippen molar-refractivity contribution in [2.24, 2.45) is 7.05 Å². The molecule has 26 heavy (non-hydrogen) atoms. The minimum absolute atomic E-state index is 0.0357. The average Bonchev–Trinajstić information content (AvgIpc) is 2.96. The molecule has 4 heteroatoms. The van der Waals surface area contributed by atoms with E-state index in [1.54, 1.807) is 0 Å². The molecule has 0 unspecified atom stereocenters. The maximum atomic E-state index is 13.3. The molecule has 0 aliphatic carbocycles. The zero-order valence-corrected chi connectivity index (χ0v) is 15.5. The number of carbonyl (C=O) groups excluding carboxylic acids is 1. The van der Waals surface area contributed by atoms with Gasteiger partial charge in [-0.3, -0.25) is 4.79 Å². The van der Waals surface area contributed by atoms with Gasteiger partial charge in [0.2, 0.25) is 0 Å². The van der Waals surface area contributed by atoms with Crippen LogP contribution in [0, 0.1) is 11.3 Å². The number of fused-ring (bicyclic) bond motifs is 1. The fourth-order valence-electron chi connectivity index (χ4n) is 3.58. The van der Waals surface area contributed by atoms with Gasteiger partial charge in [-0.2, -0.15) is 5.26 Å². The fourth-order valence-corrected chi connectivity index (χ4v) is 3.58. The van der Waals surface area contributed by atoms with E-state index in [0.717, 1.165) is 33.3 Å². The van der Waals surface area contributed by atoms with E-state index in [4.69, 9.17) is 0 Å². The average molecular weight is 345 g/mol. The summed E-state index contributed by atoms with van der Waals surface area (Å²) in [5.41, 5.74) is 4.51. The van der Waals surface area contributed by atoms with Gasteiger partial charge in [0.15, 0.2) is 0 Å². The Morgan fingerprint density at radius 3 is 2.42 bits per heavy atom. The van der Waals surface area contributed by atoms with Gasteiger partial charge in [-0.1, -0.05) is 42.5 Å². The predicted octanol–water partition coefficient (Wildman–Crippen LogP) is 4.39. The number of amides is 1. The molecule has 0 saturated heterocycles. The van der Waals surface area contributed by atoms with Crippen LogP contribution in [0.15, 0.2) is 48.5 Å². The van der Waals surface area contributed by atoms with E-state index in [-0.39, 0.29) is 5.91 Å². The number of rotatable bonds is 5. The molecule has 1 heterocycles. The van der Waals surface area contributed by atoms with E-state index >= 15 is 0 Å². The maximum absolute atomic E-state index is 13.3. The normalized spacial score (nSPS) is 10.7. The van der Waals surface area contributed by atoms with Gasteiger partial charge >= 0.3 is 0 Å². The van der Waals surface area contributed by atoms with Crippen molar-refractivity contribution in [2.45, 2.75) is 20.3 Å². The van der Waals surface area contributed by atoms with Crippen molar-refractivity contribution in [3.8, 4) is 17.3 Å². The van der Waals surface area contributed by atoms with E-state index in [9.17, 15) is 10.1 Å². The van der Waals surface area contributed by atoms with Crippen LogP contribution in [0.3, 0.4) is 0 Å². The molecular weight excluding hydrogens is 322 g/mol. The van der Waals surface area contributed by atoms with Gasteiger partial charge in [0.05, 0.1) is 23.7 Å². The summed E-state index contributed by atoms with van der Waals surface area (Å²) in [7, 11) is 1.99. The molecule has 0 radical (unpaired) electrons. The molecule has 0 aliphatic rings. The quantitative estimate of drug-likeness (QED) is 0.688. The molecule has 0 aliphatic heterocycles. The highest BCUT2D eigenvalue weighted by molar-refractivity contribution is 6.13. The number of nitrogens with zero attached hydrogens (tertiary/aromatic N) is 3. The minimum atomic E-state index is 0.0357. The highest BCUT2D eigenvalue weighted by Crippen LogP contribution is 2.35. The van der Waals surface area contributed by atoms with Crippen LogP contribution >= 0.6 is 0 Å². The zero-order chi connectivity index (χ0) is 18.7. The Hall–Kier alpha value is -3.06. The molecule has 0 fully saturated rings. The van der Waals surface area contributed by atoms with E-state index < -0.39 is 0 Å². The molecule has 0 spiro atoms. The van der Waals surface area contributed by atoms with Gasteiger partial charge < -0.3 is 9.47 Å². The van der Waals surface area contributed by atoms with Gasteiger partial charge in [-0.25, -0.2) is 0 Å². The second kappa shape index (κ2) is 7.45. The Balaban J connectivity index is 2.36. The smallest absolute Gasteiger partial charge is 0.256 e. The second-order valence-electron chi connectivity index (χ2n) is 6.27. The lowest BCUT2D eigenvalue weighted by molar-refractivity contribution is 0.0775. The third-order valence-corrected chi connectivity index (χ3v) is 4.91. The Morgan fingerprint density at radius 1 is 1.08 bits per heavy atom. The van der Waals surface area contributed by atoms with Crippen LogP contribution in [0.5, 0.6) is 0 Å². The van der Waals surface area contributed by atoms with Crippen molar-refractivity contribution in [3.63, 3.8) is 0 Å². The Bertz CT molecular complexity index is 990. The molecular formula is C22H23N3O. The highest BCUT2D eigenvalue weighted by atomic mass is 16.2. The van der Waals surface area contributed by atoms with Gasteiger partial charge in [0.1, 0.15) is 0 Å². The summed E-state index contributed by atoms with van der Waals surface area (Å²) in [4.78, 5) is 15.2. The Morgan fingerprint density at radius 2 is 1.73 bits per heavy atom. The Labute approximate surface area is 154 Å². The first-order chi connectivity index (χ1) is 12.6. The van der Waals surface area contributed by atoms with E-state index in [0.29, 0.717) is 19.5 Å². The lowest BCUT2D eigenvalue weighted by Gasteiger charge is -2.20. The van der Waals surface area contributed by atoms with E-state index in [1.807, 2.05) is 74.3 Å². The molecule has 3 aromatic rings. The molecule has 3 rings (SSSR count). The van der Waals surface area contributed by atoms with Crippen molar-refractivity contribution in [2.75, 3.05) is 13.1 Å². The molecule has 0 saturated carbocycles. The number of nitriles is 1. The first kappa shape index (κ1) is 17.8. The number of hydrogen-bond donors (Lipinski definition) is 0. The minimum Gasteiger partial charge on any atom is -0.343 e. The van der Waals surface area contributed by atoms with Crippen LogP contribution in [-0.4, -0.2) is 28.5 Å². The molecule has 2 aromatic carbocycles. The first-order valence-corrected chi connectivity index (χ1v) is 8.95. The Kier molecular flexibility index (Phi) is 5.09. The molecule has 1 amide bonds. The fraction of sp³-hybridized carbons (Fsp3) is 0.273. The number of aryl methyl sites for hydroxylation is 1. The molecule has 4 nitrogen and oxygen atoms in total. The molecule has 1 aromatic heterocycles. The van der Waals surface area contributed by atoms with E-state index in [1.165, 1.54) is 0 Å².